The highest BCUT2D eigenvalue weighted by atomic mass is 16.2. The molecule has 1 N–H and O–H groups in total. The molecule has 2 aromatic rings. The maximum atomic E-state index is 12.9. The molecular formula is C24H28N2O2. The lowest BCUT2D eigenvalue weighted by Gasteiger charge is -2.31. The van der Waals surface area contributed by atoms with Crippen LogP contribution in [0.3, 0.4) is 0 Å². The fraction of sp³-hybridized carbons (Fsp3) is 0.417. The molecule has 1 saturated carbocycles. The Hall–Kier alpha value is -2.62. The topological polar surface area (TPSA) is 49.4 Å². The van der Waals surface area contributed by atoms with E-state index in [-0.39, 0.29) is 17.7 Å². The minimum atomic E-state index is -0.538. The Morgan fingerprint density at radius 2 is 1.82 bits per heavy atom. The number of hydrogen-bond acceptors (Lipinski definition) is 2. The molecule has 2 fully saturated rings. The molecule has 2 aliphatic rings. The SMILES string of the molecule is CNC(=O)[C@]1(Cc2cccc(-c3ccccc3)c2)CCN(C(=O)C2CCC2)C1. The van der Waals surface area contributed by atoms with Crippen molar-refractivity contribution >= 4 is 11.8 Å². The van der Waals surface area contributed by atoms with Crippen molar-refractivity contribution in [2.75, 3.05) is 20.1 Å². The summed E-state index contributed by atoms with van der Waals surface area (Å²) < 4.78 is 0. The summed E-state index contributed by atoms with van der Waals surface area (Å²) in [6, 6.07) is 18.7. The number of carbonyl (C=O) groups excluding carboxylic acids is 2. The second-order valence-corrected chi connectivity index (χ2v) is 8.24. The Morgan fingerprint density at radius 1 is 1.07 bits per heavy atom. The van der Waals surface area contributed by atoms with Crippen molar-refractivity contribution in [1.82, 2.24) is 10.2 Å². The van der Waals surface area contributed by atoms with E-state index in [4.69, 9.17) is 0 Å². The first-order valence-electron chi connectivity index (χ1n) is 10.3. The summed E-state index contributed by atoms with van der Waals surface area (Å²) in [4.78, 5) is 27.5. The molecule has 28 heavy (non-hydrogen) atoms. The van der Waals surface area contributed by atoms with Crippen LogP contribution in [-0.2, 0) is 16.0 Å². The average Bonchev–Trinajstić information content (AvgIpc) is 3.12. The van der Waals surface area contributed by atoms with Crippen LogP contribution in [0.25, 0.3) is 11.1 Å². The molecule has 4 nitrogen and oxygen atoms in total. The fourth-order valence-corrected chi connectivity index (χ4v) is 4.53. The molecule has 1 saturated heterocycles. The summed E-state index contributed by atoms with van der Waals surface area (Å²) in [5.74, 6) is 0.471. The van der Waals surface area contributed by atoms with Crippen LogP contribution in [0.4, 0.5) is 0 Å². The van der Waals surface area contributed by atoms with Gasteiger partial charge in [-0.05, 0) is 42.4 Å². The van der Waals surface area contributed by atoms with E-state index in [0.29, 0.717) is 19.5 Å². The van der Waals surface area contributed by atoms with E-state index in [0.717, 1.165) is 36.8 Å². The van der Waals surface area contributed by atoms with Crippen molar-refractivity contribution in [1.29, 1.82) is 0 Å². The van der Waals surface area contributed by atoms with Gasteiger partial charge in [0.15, 0.2) is 0 Å². The van der Waals surface area contributed by atoms with Crippen LogP contribution in [0.2, 0.25) is 0 Å². The van der Waals surface area contributed by atoms with Crippen LogP contribution < -0.4 is 5.32 Å². The molecule has 4 rings (SSSR count). The number of carbonyl (C=O) groups is 2. The minimum Gasteiger partial charge on any atom is -0.359 e. The van der Waals surface area contributed by atoms with Crippen molar-refractivity contribution in [2.24, 2.45) is 11.3 Å². The lowest BCUT2D eigenvalue weighted by atomic mass is 9.79. The predicted molar refractivity (Wildman–Crippen MR) is 111 cm³/mol. The van der Waals surface area contributed by atoms with Gasteiger partial charge in [-0.3, -0.25) is 9.59 Å². The zero-order valence-electron chi connectivity index (χ0n) is 16.5. The molecule has 0 radical (unpaired) electrons. The first-order valence-corrected chi connectivity index (χ1v) is 10.3. The summed E-state index contributed by atoms with van der Waals surface area (Å²) >= 11 is 0. The molecule has 0 bridgehead atoms. The van der Waals surface area contributed by atoms with E-state index in [9.17, 15) is 9.59 Å². The molecule has 0 aromatic heterocycles. The third kappa shape index (κ3) is 3.56. The number of amides is 2. The zero-order valence-corrected chi connectivity index (χ0v) is 16.5. The lowest BCUT2D eigenvalue weighted by molar-refractivity contribution is -0.138. The number of rotatable bonds is 5. The van der Waals surface area contributed by atoms with Gasteiger partial charge in [-0.25, -0.2) is 0 Å². The number of likely N-dealkylation sites (tertiary alicyclic amines) is 1. The van der Waals surface area contributed by atoms with E-state index >= 15 is 0 Å². The van der Waals surface area contributed by atoms with Crippen LogP contribution in [0.15, 0.2) is 54.6 Å². The van der Waals surface area contributed by atoms with Gasteiger partial charge in [-0.15, -0.1) is 0 Å². The summed E-state index contributed by atoms with van der Waals surface area (Å²) in [5, 5.41) is 2.85. The summed E-state index contributed by atoms with van der Waals surface area (Å²) in [7, 11) is 1.70. The normalized spacial score (nSPS) is 22.0. The van der Waals surface area contributed by atoms with Crippen LogP contribution in [-0.4, -0.2) is 36.9 Å². The third-order valence-corrected chi connectivity index (χ3v) is 6.41. The Balaban J connectivity index is 1.56. The molecule has 0 spiro atoms. The molecule has 2 amide bonds. The van der Waals surface area contributed by atoms with Gasteiger partial charge in [0.05, 0.1) is 5.41 Å². The highest BCUT2D eigenvalue weighted by Gasteiger charge is 2.46. The standard InChI is InChI=1S/C24H28N2O2/c1-25-23(28)24(13-14-26(17-24)22(27)20-10-6-11-20)16-18-7-5-12-21(15-18)19-8-3-2-4-9-19/h2-5,7-9,12,15,20H,6,10-11,13-14,16-17H2,1H3,(H,25,28)/t24-/m0/s1. The van der Waals surface area contributed by atoms with Gasteiger partial charge < -0.3 is 10.2 Å². The summed E-state index contributed by atoms with van der Waals surface area (Å²) in [5.41, 5.74) is 2.93. The van der Waals surface area contributed by atoms with Gasteiger partial charge in [0.25, 0.3) is 0 Å². The van der Waals surface area contributed by atoms with Crippen molar-refractivity contribution < 1.29 is 9.59 Å². The second kappa shape index (κ2) is 7.78. The Kier molecular flexibility index (Phi) is 5.21. The van der Waals surface area contributed by atoms with E-state index in [1.54, 1.807) is 7.05 Å². The van der Waals surface area contributed by atoms with E-state index in [1.165, 1.54) is 5.56 Å². The highest BCUT2D eigenvalue weighted by molar-refractivity contribution is 5.86. The fourth-order valence-electron chi connectivity index (χ4n) is 4.53. The predicted octanol–water partition coefficient (Wildman–Crippen LogP) is 3.66. The zero-order chi connectivity index (χ0) is 19.6. The van der Waals surface area contributed by atoms with Gasteiger partial charge >= 0.3 is 0 Å². The Bertz CT molecular complexity index is 860. The lowest BCUT2D eigenvalue weighted by Crippen LogP contribution is -2.45. The van der Waals surface area contributed by atoms with Crippen LogP contribution in [0.5, 0.6) is 0 Å². The highest BCUT2D eigenvalue weighted by Crippen LogP contribution is 2.38. The second-order valence-electron chi connectivity index (χ2n) is 8.24. The number of nitrogens with zero attached hydrogens (tertiary/aromatic N) is 1. The Labute approximate surface area is 166 Å². The largest absolute Gasteiger partial charge is 0.359 e. The quantitative estimate of drug-likeness (QED) is 0.866. The molecule has 1 aliphatic heterocycles. The number of nitrogens with one attached hydrogen (secondary N) is 1. The van der Waals surface area contributed by atoms with E-state index < -0.39 is 5.41 Å². The first kappa shape index (κ1) is 18.7. The molecule has 1 aliphatic carbocycles. The van der Waals surface area contributed by atoms with Crippen LogP contribution >= 0.6 is 0 Å². The molecule has 4 heteroatoms. The van der Waals surface area contributed by atoms with Gasteiger partial charge in [-0.1, -0.05) is 61.0 Å². The first-order chi connectivity index (χ1) is 13.6. The third-order valence-electron chi connectivity index (χ3n) is 6.41. The summed E-state index contributed by atoms with van der Waals surface area (Å²) in [6.07, 6.45) is 4.53. The smallest absolute Gasteiger partial charge is 0.228 e. The molecule has 2 aromatic carbocycles. The van der Waals surface area contributed by atoms with Crippen molar-refractivity contribution in [2.45, 2.75) is 32.1 Å². The molecule has 146 valence electrons. The van der Waals surface area contributed by atoms with Gasteiger partial charge in [0, 0.05) is 26.1 Å². The molecule has 1 heterocycles. The van der Waals surface area contributed by atoms with Gasteiger partial charge in [0.2, 0.25) is 11.8 Å². The molecular weight excluding hydrogens is 348 g/mol. The maximum absolute atomic E-state index is 12.9. The number of benzene rings is 2. The van der Waals surface area contributed by atoms with Gasteiger partial charge in [0.1, 0.15) is 0 Å². The minimum absolute atomic E-state index is 0.0431. The Morgan fingerprint density at radius 3 is 2.50 bits per heavy atom. The molecule has 1 atom stereocenters. The van der Waals surface area contributed by atoms with E-state index in [2.05, 4.69) is 41.7 Å². The van der Waals surface area contributed by atoms with E-state index in [1.807, 2.05) is 23.1 Å². The maximum Gasteiger partial charge on any atom is 0.228 e. The van der Waals surface area contributed by atoms with Crippen LogP contribution in [0.1, 0.15) is 31.2 Å². The van der Waals surface area contributed by atoms with Gasteiger partial charge in [-0.2, -0.15) is 0 Å². The average molecular weight is 377 g/mol. The molecule has 0 unspecified atom stereocenters. The van der Waals surface area contributed by atoms with Crippen molar-refractivity contribution in [3.63, 3.8) is 0 Å². The van der Waals surface area contributed by atoms with Crippen molar-refractivity contribution in [3.8, 4) is 11.1 Å². The van der Waals surface area contributed by atoms with Crippen molar-refractivity contribution in [3.05, 3.63) is 60.2 Å². The monoisotopic (exact) mass is 376 g/mol. The number of hydrogen-bond donors (Lipinski definition) is 1. The van der Waals surface area contributed by atoms with Crippen LogP contribution in [0, 0.1) is 11.3 Å². The summed E-state index contributed by atoms with van der Waals surface area (Å²) in [6.45, 7) is 1.21.